The molecule has 2 rings (SSSR count). The molecule has 8 heteroatoms. The summed E-state index contributed by atoms with van der Waals surface area (Å²) >= 11 is 0. The number of hydrogen-bond acceptors (Lipinski definition) is 4. The summed E-state index contributed by atoms with van der Waals surface area (Å²) in [5.41, 5.74) is 0.314. The minimum atomic E-state index is -3.59. The summed E-state index contributed by atoms with van der Waals surface area (Å²) in [5.74, 6) is -0.312. The molecule has 1 fully saturated rings. The number of nitrogens with one attached hydrogen (secondary N) is 3. The van der Waals surface area contributed by atoms with Crippen molar-refractivity contribution in [1.29, 1.82) is 0 Å². The second-order valence-corrected chi connectivity index (χ2v) is 6.63. The fraction of sp³-hybridized carbons (Fsp3) is 0.583. The summed E-state index contributed by atoms with van der Waals surface area (Å²) in [5, 5.41) is 5.64. The predicted molar refractivity (Wildman–Crippen MR) is 75.0 cm³/mol. The number of aryl methyl sites for hydroxylation is 1. The Balaban J connectivity index is 2.19. The number of rotatable bonds is 4. The highest BCUT2D eigenvalue weighted by Crippen LogP contribution is 2.15. The molecule has 20 heavy (non-hydrogen) atoms. The third kappa shape index (κ3) is 3.20. The van der Waals surface area contributed by atoms with Crippen molar-refractivity contribution in [2.45, 2.75) is 23.8 Å². The third-order valence-corrected chi connectivity index (χ3v) is 4.86. The maximum Gasteiger partial charge on any atom is 0.267 e. The highest BCUT2D eigenvalue weighted by atomic mass is 32.2. The molecule has 3 N–H and O–H groups in total. The van der Waals surface area contributed by atoms with Gasteiger partial charge in [-0.15, -0.1) is 0 Å². The van der Waals surface area contributed by atoms with Gasteiger partial charge >= 0.3 is 0 Å². The Morgan fingerprint density at radius 3 is 2.85 bits per heavy atom. The maximum atomic E-state index is 12.3. The Kier molecular flexibility index (Phi) is 4.46. The van der Waals surface area contributed by atoms with E-state index in [1.165, 1.54) is 23.9 Å². The van der Waals surface area contributed by atoms with Crippen molar-refractivity contribution in [3.8, 4) is 0 Å². The van der Waals surface area contributed by atoms with Gasteiger partial charge in [0.25, 0.3) is 5.91 Å². The molecular formula is C12H20N4O3S. The molecule has 7 nitrogen and oxygen atoms in total. The number of sulfonamides is 1. The Morgan fingerprint density at radius 2 is 2.25 bits per heavy atom. The van der Waals surface area contributed by atoms with E-state index in [9.17, 15) is 13.2 Å². The highest BCUT2D eigenvalue weighted by Gasteiger charge is 2.24. The number of aromatic nitrogens is 1. The first kappa shape index (κ1) is 15.0. The van der Waals surface area contributed by atoms with Gasteiger partial charge in [-0.2, -0.15) is 0 Å². The Hall–Kier alpha value is -1.38. The van der Waals surface area contributed by atoms with Gasteiger partial charge in [-0.3, -0.25) is 4.79 Å². The highest BCUT2D eigenvalue weighted by molar-refractivity contribution is 7.89. The quantitative estimate of drug-likeness (QED) is 0.693. The molecule has 112 valence electrons. The van der Waals surface area contributed by atoms with Crippen LogP contribution in [0.3, 0.4) is 0 Å². The van der Waals surface area contributed by atoms with Gasteiger partial charge in [0.1, 0.15) is 10.6 Å². The summed E-state index contributed by atoms with van der Waals surface area (Å²) in [7, 11) is -0.440. The molecule has 1 aliphatic heterocycles. The van der Waals surface area contributed by atoms with Crippen LogP contribution in [0.5, 0.6) is 0 Å². The Morgan fingerprint density at radius 1 is 1.50 bits per heavy atom. The topological polar surface area (TPSA) is 92.2 Å². The van der Waals surface area contributed by atoms with Crippen molar-refractivity contribution in [2.75, 3.05) is 20.1 Å². The first-order chi connectivity index (χ1) is 9.44. The van der Waals surface area contributed by atoms with Crippen LogP contribution < -0.4 is 15.4 Å². The molecule has 1 atom stereocenters. The summed E-state index contributed by atoms with van der Waals surface area (Å²) in [6.07, 6.45) is 3.22. The van der Waals surface area contributed by atoms with Crippen molar-refractivity contribution in [1.82, 2.24) is 19.9 Å². The lowest BCUT2D eigenvalue weighted by Gasteiger charge is -2.23. The zero-order valence-electron chi connectivity index (χ0n) is 11.6. The molecule has 0 aliphatic carbocycles. The van der Waals surface area contributed by atoms with Crippen LogP contribution in [-0.4, -0.2) is 45.1 Å². The zero-order chi connectivity index (χ0) is 14.8. The molecule has 0 saturated carbocycles. The molecule has 0 aromatic carbocycles. The molecule has 1 saturated heterocycles. The normalized spacial score (nSPS) is 19.8. The lowest BCUT2D eigenvalue weighted by Crippen LogP contribution is -2.45. The van der Waals surface area contributed by atoms with Gasteiger partial charge in [0.2, 0.25) is 10.0 Å². The number of piperidine rings is 1. The van der Waals surface area contributed by atoms with Crippen molar-refractivity contribution >= 4 is 15.9 Å². The molecule has 1 aromatic heterocycles. The number of nitrogens with zero attached hydrogens (tertiary/aromatic N) is 1. The lowest BCUT2D eigenvalue weighted by atomic mass is 10.1. The number of carbonyl (C=O) groups excluding carboxylic acids is 1. The second-order valence-electron chi connectivity index (χ2n) is 4.92. The van der Waals surface area contributed by atoms with Crippen LogP contribution >= 0.6 is 0 Å². The van der Waals surface area contributed by atoms with E-state index in [0.29, 0.717) is 12.2 Å². The standard InChI is InChI=1S/C12H20N4O3S/c1-13-12(17)11-6-10(8-16(11)2)20(18,19)15-9-4-3-5-14-7-9/h6,8-9,14-15H,3-5,7H2,1-2H3,(H,13,17)/t9-/m1/s1. The monoisotopic (exact) mass is 300 g/mol. The first-order valence-electron chi connectivity index (χ1n) is 6.55. The van der Waals surface area contributed by atoms with Gasteiger partial charge in [-0.1, -0.05) is 0 Å². The van der Waals surface area contributed by atoms with Gasteiger partial charge < -0.3 is 15.2 Å². The predicted octanol–water partition coefficient (Wildman–Crippen LogP) is -0.585. The zero-order valence-corrected chi connectivity index (χ0v) is 12.5. The maximum absolute atomic E-state index is 12.3. The van der Waals surface area contributed by atoms with E-state index >= 15 is 0 Å². The summed E-state index contributed by atoms with van der Waals surface area (Å²) in [6.45, 7) is 1.55. The third-order valence-electron chi connectivity index (χ3n) is 3.37. The second kappa shape index (κ2) is 5.94. The van der Waals surface area contributed by atoms with E-state index in [1.807, 2.05) is 0 Å². The van der Waals surface area contributed by atoms with Crippen LogP contribution in [0.4, 0.5) is 0 Å². The average Bonchev–Trinajstić information content (AvgIpc) is 2.81. The first-order valence-corrected chi connectivity index (χ1v) is 8.04. The van der Waals surface area contributed by atoms with Crippen LogP contribution in [0, 0.1) is 0 Å². The van der Waals surface area contributed by atoms with E-state index in [1.54, 1.807) is 7.05 Å². The molecule has 1 aromatic rings. The molecule has 2 heterocycles. The largest absolute Gasteiger partial charge is 0.354 e. The van der Waals surface area contributed by atoms with E-state index in [-0.39, 0.29) is 16.8 Å². The molecule has 0 bridgehead atoms. The van der Waals surface area contributed by atoms with Gasteiger partial charge in [0.05, 0.1) is 0 Å². The average molecular weight is 300 g/mol. The van der Waals surface area contributed by atoms with Crippen LogP contribution in [0.25, 0.3) is 0 Å². The molecule has 1 aliphatic rings. The van der Waals surface area contributed by atoms with Crippen LogP contribution in [0.1, 0.15) is 23.3 Å². The molecule has 0 spiro atoms. The molecule has 0 unspecified atom stereocenters. The smallest absolute Gasteiger partial charge is 0.267 e. The van der Waals surface area contributed by atoms with Crippen LogP contribution in [0.2, 0.25) is 0 Å². The van der Waals surface area contributed by atoms with E-state index in [0.717, 1.165) is 19.4 Å². The van der Waals surface area contributed by atoms with Crippen molar-refractivity contribution < 1.29 is 13.2 Å². The SMILES string of the molecule is CNC(=O)c1cc(S(=O)(=O)N[C@@H]2CCCNC2)cn1C. The number of hydrogen-bond donors (Lipinski definition) is 3. The van der Waals surface area contributed by atoms with Crippen molar-refractivity contribution in [3.05, 3.63) is 18.0 Å². The van der Waals surface area contributed by atoms with E-state index < -0.39 is 10.0 Å². The Bertz CT molecular complexity index is 588. The minimum absolute atomic E-state index is 0.0996. The van der Waals surface area contributed by atoms with Crippen LogP contribution in [0.15, 0.2) is 17.2 Å². The lowest BCUT2D eigenvalue weighted by molar-refractivity contribution is 0.0955. The molecular weight excluding hydrogens is 280 g/mol. The number of amides is 1. The molecule has 0 radical (unpaired) electrons. The fourth-order valence-corrected chi connectivity index (χ4v) is 3.61. The number of carbonyl (C=O) groups is 1. The summed E-state index contributed by atoms with van der Waals surface area (Å²) in [6, 6.07) is 1.29. The van der Waals surface area contributed by atoms with Crippen molar-refractivity contribution in [2.24, 2.45) is 7.05 Å². The van der Waals surface area contributed by atoms with Crippen molar-refractivity contribution in [3.63, 3.8) is 0 Å². The van der Waals surface area contributed by atoms with Crippen LogP contribution in [-0.2, 0) is 17.1 Å². The summed E-state index contributed by atoms with van der Waals surface area (Å²) in [4.78, 5) is 11.7. The van der Waals surface area contributed by atoms with E-state index in [2.05, 4.69) is 15.4 Å². The minimum Gasteiger partial charge on any atom is -0.354 e. The summed E-state index contributed by atoms with van der Waals surface area (Å²) < 4.78 is 28.8. The van der Waals surface area contributed by atoms with Gasteiger partial charge in [0, 0.05) is 32.9 Å². The molecule has 1 amide bonds. The van der Waals surface area contributed by atoms with E-state index in [4.69, 9.17) is 0 Å². The van der Waals surface area contributed by atoms with Gasteiger partial charge in [0.15, 0.2) is 0 Å². The Labute approximate surface area is 118 Å². The fourth-order valence-electron chi connectivity index (χ4n) is 2.27. The van der Waals surface area contributed by atoms with Gasteiger partial charge in [-0.05, 0) is 25.5 Å². The van der Waals surface area contributed by atoms with Gasteiger partial charge in [-0.25, -0.2) is 13.1 Å².